The van der Waals surface area contributed by atoms with Gasteiger partial charge in [-0.2, -0.15) is 0 Å². The zero-order chi connectivity index (χ0) is 22.4. The van der Waals surface area contributed by atoms with Gasteiger partial charge in [0.25, 0.3) is 0 Å². The third-order valence-corrected chi connectivity index (χ3v) is 6.57. The predicted molar refractivity (Wildman–Crippen MR) is 134 cm³/mol. The van der Waals surface area contributed by atoms with Crippen molar-refractivity contribution < 1.29 is 0 Å². The normalized spacial score (nSPS) is 13.9. The minimum atomic E-state index is -0.0573. The Balaban J connectivity index is 1.40. The molecule has 1 aliphatic heterocycles. The van der Waals surface area contributed by atoms with Crippen LogP contribution in [0.4, 0.5) is 17.1 Å². The fourth-order valence-electron chi connectivity index (χ4n) is 4.83. The van der Waals surface area contributed by atoms with E-state index in [2.05, 4.69) is 102 Å². The second-order valence-electron chi connectivity index (χ2n) is 8.93. The molecule has 5 aromatic rings. The predicted octanol–water partition coefficient (Wildman–Crippen LogP) is 7.04. The number of hydrogen-bond donors (Lipinski definition) is 0. The number of benzene rings is 4. The van der Waals surface area contributed by atoms with Gasteiger partial charge < -0.3 is 4.90 Å². The zero-order valence-electron chi connectivity index (χ0n) is 18.7. The topological polar surface area (TPSA) is 34.0 Å². The van der Waals surface area contributed by atoms with Crippen LogP contribution < -0.4 is 4.90 Å². The standard InChI is InChI=1S/C29H24N4/c1-29(2)24-12-6-8-14-27(24)33(28-15-9-7-13-25(28)29)23-18-16-22(17-19-23)32-20-26(30-31-32)21-10-4-3-5-11-21/h3-20H,1-2H3. The van der Waals surface area contributed by atoms with Gasteiger partial charge >= 0.3 is 0 Å². The first-order valence-electron chi connectivity index (χ1n) is 11.2. The van der Waals surface area contributed by atoms with Crippen LogP contribution in [0.2, 0.25) is 0 Å². The van der Waals surface area contributed by atoms with E-state index < -0.39 is 0 Å². The highest BCUT2D eigenvalue weighted by Crippen LogP contribution is 2.51. The van der Waals surface area contributed by atoms with Crippen LogP contribution in [0.25, 0.3) is 16.9 Å². The van der Waals surface area contributed by atoms with Crippen molar-refractivity contribution in [1.82, 2.24) is 15.0 Å². The first-order valence-corrected chi connectivity index (χ1v) is 11.2. The van der Waals surface area contributed by atoms with Crippen LogP contribution in [-0.2, 0) is 5.41 Å². The highest BCUT2D eigenvalue weighted by Gasteiger charge is 2.36. The van der Waals surface area contributed by atoms with Gasteiger partial charge in [0.05, 0.1) is 23.3 Å². The molecule has 2 heterocycles. The lowest BCUT2D eigenvalue weighted by Crippen LogP contribution is -2.30. The first kappa shape index (κ1) is 19.5. The van der Waals surface area contributed by atoms with Gasteiger partial charge in [0.15, 0.2) is 0 Å². The molecule has 0 atom stereocenters. The smallest absolute Gasteiger partial charge is 0.113 e. The fraction of sp³-hybridized carbons (Fsp3) is 0.103. The van der Waals surface area contributed by atoms with E-state index >= 15 is 0 Å². The quantitative estimate of drug-likeness (QED) is 0.309. The zero-order valence-corrected chi connectivity index (χ0v) is 18.7. The molecule has 4 heteroatoms. The summed E-state index contributed by atoms with van der Waals surface area (Å²) in [4.78, 5) is 2.36. The van der Waals surface area contributed by atoms with Crippen LogP contribution in [0.1, 0.15) is 25.0 Å². The van der Waals surface area contributed by atoms with E-state index in [-0.39, 0.29) is 5.41 Å². The van der Waals surface area contributed by atoms with Crippen molar-refractivity contribution in [3.63, 3.8) is 0 Å². The lowest BCUT2D eigenvalue weighted by Gasteiger charge is -2.42. The number of nitrogens with zero attached hydrogens (tertiary/aromatic N) is 4. The second-order valence-corrected chi connectivity index (χ2v) is 8.93. The lowest BCUT2D eigenvalue weighted by molar-refractivity contribution is 0.632. The SMILES string of the molecule is CC1(C)c2ccccc2N(c2ccc(-n3cc(-c4ccccc4)nn3)cc2)c2ccccc21. The molecule has 0 spiro atoms. The molecule has 0 bridgehead atoms. The lowest BCUT2D eigenvalue weighted by atomic mass is 9.73. The van der Waals surface area contributed by atoms with Crippen molar-refractivity contribution in [2.24, 2.45) is 0 Å². The van der Waals surface area contributed by atoms with Crippen molar-refractivity contribution in [3.8, 4) is 16.9 Å². The van der Waals surface area contributed by atoms with Gasteiger partial charge in [0, 0.05) is 16.7 Å². The third-order valence-electron chi connectivity index (χ3n) is 6.57. The molecule has 33 heavy (non-hydrogen) atoms. The Hall–Kier alpha value is -4.18. The maximum absolute atomic E-state index is 4.35. The van der Waals surface area contributed by atoms with E-state index in [9.17, 15) is 0 Å². The molecule has 1 aliphatic rings. The summed E-state index contributed by atoms with van der Waals surface area (Å²) in [6.07, 6.45) is 1.97. The molecule has 160 valence electrons. The van der Waals surface area contributed by atoms with Gasteiger partial charge in [-0.15, -0.1) is 5.10 Å². The van der Waals surface area contributed by atoms with E-state index in [4.69, 9.17) is 0 Å². The van der Waals surface area contributed by atoms with Crippen molar-refractivity contribution in [2.75, 3.05) is 4.90 Å². The maximum atomic E-state index is 4.35. The molecule has 1 aromatic heterocycles. The van der Waals surface area contributed by atoms with Crippen LogP contribution in [0.15, 0.2) is 109 Å². The fourth-order valence-corrected chi connectivity index (χ4v) is 4.83. The molecule has 0 saturated heterocycles. The van der Waals surface area contributed by atoms with Crippen molar-refractivity contribution in [3.05, 3.63) is 120 Å². The van der Waals surface area contributed by atoms with Gasteiger partial charge in [0.1, 0.15) is 5.69 Å². The van der Waals surface area contributed by atoms with Crippen molar-refractivity contribution >= 4 is 17.1 Å². The molecule has 0 saturated carbocycles. The van der Waals surface area contributed by atoms with E-state index in [1.54, 1.807) is 0 Å². The van der Waals surface area contributed by atoms with E-state index in [1.807, 2.05) is 41.2 Å². The Kier molecular flexibility index (Phi) is 4.40. The monoisotopic (exact) mass is 428 g/mol. The van der Waals surface area contributed by atoms with Crippen molar-refractivity contribution in [1.29, 1.82) is 0 Å². The number of anilines is 3. The first-order chi connectivity index (χ1) is 16.1. The van der Waals surface area contributed by atoms with Crippen LogP contribution in [-0.4, -0.2) is 15.0 Å². The Morgan fingerprint density at radius 1 is 0.606 bits per heavy atom. The van der Waals surface area contributed by atoms with Crippen LogP contribution in [0, 0.1) is 0 Å². The molecular formula is C29H24N4. The highest BCUT2D eigenvalue weighted by atomic mass is 15.4. The van der Waals surface area contributed by atoms with Gasteiger partial charge in [-0.1, -0.05) is 85.8 Å². The molecule has 4 aromatic carbocycles. The minimum absolute atomic E-state index is 0.0573. The van der Waals surface area contributed by atoms with E-state index in [1.165, 1.54) is 22.5 Å². The summed E-state index contributed by atoms with van der Waals surface area (Å²) >= 11 is 0. The summed E-state index contributed by atoms with van der Waals surface area (Å²) in [5, 5.41) is 8.70. The Bertz CT molecular complexity index is 1380. The Labute approximate surface area is 193 Å². The molecule has 0 radical (unpaired) electrons. The average molecular weight is 429 g/mol. The highest BCUT2D eigenvalue weighted by molar-refractivity contribution is 5.85. The Morgan fingerprint density at radius 3 is 1.79 bits per heavy atom. The second kappa shape index (κ2) is 7.45. The third kappa shape index (κ3) is 3.14. The summed E-state index contributed by atoms with van der Waals surface area (Å²) in [5.74, 6) is 0. The number of para-hydroxylation sites is 2. The minimum Gasteiger partial charge on any atom is -0.310 e. The summed E-state index contributed by atoms with van der Waals surface area (Å²) in [6.45, 7) is 4.61. The van der Waals surface area contributed by atoms with Crippen LogP contribution in [0.3, 0.4) is 0 Å². The summed E-state index contributed by atoms with van der Waals surface area (Å²) in [7, 11) is 0. The molecule has 4 nitrogen and oxygen atoms in total. The van der Waals surface area contributed by atoms with Gasteiger partial charge in [-0.05, 0) is 47.5 Å². The van der Waals surface area contributed by atoms with E-state index in [0.717, 1.165) is 22.6 Å². The molecule has 6 rings (SSSR count). The number of hydrogen-bond acceptors (Lipinski definition) is 3. The van der Waals surface area contributed by atoms with Crippen molar-refractivity contribution in [2.45, 2.75) is 19.3 Å². The number of fused-ring (bicyclic) bond motifs is 2. The molecule has 0 fully saturated rings. The van der Waals surface area contributed by atoms with Gasteiger partial charge in [-0.25, -0.2) is 4.68 Å². The summed E-state index contributed by atoms with van der Waals surface area (Å²) < 4.78 is 1.83. The van der Waals surface area contributed by atoms with Crippen LogP contribution in [0.5, 0.6) is 0 Å². The van der Waals surface area contributed by atoms with Gasteiger partial charge in [-0.3, -0.25) is 0 Å². The number of aromatic nitrogens is 3. The molecule has 0 unspecified atom stereocenters. The summed E-state index contributed by atoms with van der Waals surface area (Å²) in [5.41, 5.74) is 9.07. The molecular weight excluding hydrogens is 404 g/mol. The molecule has 0 aliphatic carbocycles. The molecule has 0 N–H and O–H groups in total. The largest absolute Gasteiger partial charge is 0.310 e. The molecule has 0 amide bonds. The Morgan fingerprint density at radius 2 is 1.15 bits per heavy atom. The maximum Gasteiger partial charge on any atom is 0.113 e. The number of rotatable bonds is 3. The van der Waals surface area contributed by atoms with E-state index in [0.29, 0.717) is 0 Å². The van der Waals surface area contributed by atoms with Crippen LogP contribution >= 0.6 is 0 Å². The summed E-state index contributed by atoms with van der Waals surface area (Å²) in [6, 6.07) is 36.0. The average Bonchev–Trinajstić information content (AvgIpc) is 3.36. The van der Waals surface area contributed by atoms with Gasteiger partial charge in [0.2, 0.25) is 0 Å².